The van der Waals surface area contributed by atoms with Gasteiger partial charge in [0.05, 0.1) is 24.5 Å². The van der Waals surface area contributed by atoms with Gasteiger partial charge in [0.1, 0.15) is 12.4 Å². The Morgan fingerprint density at radius 3 is 2.53 bits per heavy atom. The van der Waals surface area contributed by atoms with E-state index in [0.29, 0.717) is 49.0 Å². The third kappa shape index (κ3) is 4.78. The topological polar surface area (TPSA) is 111 Å². The van der Waals surface area contributed by atoms with Crippen LogP contribution >= 0.6 is 0 Å². The number of hydrogen-bond acceptors (Lipinski definition) is 12. The second kappa shape index (κ2) is 11.7. The Kier molecular flexibility index (Phi) is 6.50. The number of hydrogen-bond donors (Lipinski definition) is 0. The largest absolute Gasteiger partial charge is 0.438 e. The molecule has 7 aliphatic heterocycles. The van der Waals surface area contributed by atoms with Crippen molar-refractivity contribution >= 4 is 41.0 Å². The normalized spacial score (nSPS) is 19.3. The molecule has 0 fully saturated rings. The third-order valence-corrected chi connectivity index (χ3v) is 10.5. The number of para-hydroxylation sites is 2. The third-order valence-electron chi connectivity index (χ3n) is 10.5. The van der Waals surface area contributed by atoms with Crippen molar-refractivity contribution < 1.29 is 29.0 Å². The van der Waals surface area contributed by atoms with Gasteiger partial charge in [-0.15, -0.1) is 0 Å². The number of nitrogens with zero attached hydrogens (tertiary/aromatic N) is 6. The number of aliphatic imine (C=N–C) groups is 2. The zero-order chi connectivity index (χ0) is 36.0. The Morgan fingerprint density at radius 2 is 1.53 bits per heavy atom. The molecule has 0 spiro atoms. The molecule has 12 rings (SSSR count). The van der Waals surface area contributed by atoms with E-state index in [4.69, 9.17) is 44.1 Å². The molecule has 7 aliphatic rings. The molecule has 0 aliphatic carbocycles. The van der Waals surface area contributed by atoms with Crippen LogP contribution in [-0.2, 0) is 29.5 Å². The van der Waals surface area contributed by atoms with Gasteiger partial charge >= 0.3 is 6.29 Å². The molecule has 0 N–H and O–H groups in total. The molecular formula is C43H27N6O6. The highest BCUT2D eigenvalue weighted by Crippen LogP contribution is 2.56. The maximum absolute atomic E-state index is 6.79. The number of rotatable bonds is 4. The predicted molar refractivity (Wildman–Crippen MR) is 203 cm³/mol. The Hall–Kier alpha value is -7.02. The molecule has 5 aromatic rings. The van der Waals surface area contributed by atoms with Crippen LogP contribution in [0.15, 0.2) is 129 Å². The number of fused-ring (bicyclic) bond motifs is 7. The molecule has 265 valence electrons. The fourth-order valence-corrected chi connectivity index (χ4v) is 7.93. The van der Waals surface area contributed by atoms with Gasteiger partial charge in [0.2, 0.25) is 0 Å². The van der Waals surface area contributed by atoms with Crippen LogP contribution in [0.25, 0.3) is 16.7 Å². The number of allylic oxidation sites excluding steroid dienone is 2. The maximum atomic E-state index is 6.79. The van der Waals surface area contributed by atoms with E-state index in [0.717, 1.165) is 78.7 Å². The molecule has 12 heteroatoms. The van der Waals surface area contributed by atoms with Crippen molar-refractivity contribution in [1.82, 2.24) is 10.0 Å². The number of ether oxygens (including phenoxy) is 2. The molecule has 12 nitrogen and oxygen atoms in total. The minimum atomic E-state index is -0.676. The Balaban J connectivity index is 1.10. The van der Waals surface area contributed by atoms with E-state index < -0.39 is 6.10 Å². The summed E-state index contributed by atoms with van der Waals surface area (Å²) >= 11 is 0. The van der Waals surface area contributed by atoms with Gasteiger partial charge in [0.25, 0.3) is 0 Å². The Bertz CT molecular complexity index is 2700. The van der Waals surface area contributed by atoms with Crippen molar-refractivity contribution in [3.63, 3.8) is 0 Å². The van der Waals surface area contributed by atoms with Crippen LogP contribution in [0.3, 0.4) is 0 Å². The first kappa shape index (κ1) is 30.4. The van der Waals surface area contributed by atoms with Crippen molar-refractivity contribution in [2.24, 2.45) is 20.2 Å². The molecule has 55 heavy (non-hydrogen) atoms. The van der Waals surface area contributed by atoms with Crippen molar-refractivity contribution in [2.45, 2.75) is 25.8 Å². The standard InChI is InChI=1S/C43H27N6O6/c1-3-8-32-26(6-1)21-49-42(47-32)29(15-17-45-49)31-20-36-41(52-43(51-36)25-12-14-34-28(19-25)23-50-53-34)39(40-30-7-2-4-9-35(30)54-55-40)38(31)24-11-13-33-27(18-24)22-48-37(46-33)10-5-16-44-48/h1-20,40H,21-23H2. The van der Waals surface area contributed by atoms with Crippen LogP contribution in [0.5, 0.6) is 23.0 Å². The van der Waals surface area contributed by atoms with Gasteiger partial charge in [-0.25, -0.2) is 20.0 Å². The van der Waals surface area contributed by atoms with Crippen LogP contribution in [0, 0.1) is 6.29 Å². The van der Waals surface area contributed by atoms with Gasteiger partial charge in [-0.3, -0.25) is 0 Å². The summed E-state index contributed by atoms with van der Waals surface area (Å²) in [5.74, 6) is 3.87. The molecular weight excluding hydrogens is 697 g/mol. The molecule has 1 atom stereocenters. The van der Waals surface area contributed by atoms with E-state index in [1.165, 1.54) is 0 Å². The Labute approximate surface area is 314 Å². The second-order valence-electron chi connectivity index (χ2n) is 13.8. The minimum absolute atomic E-state index is 0.327. The van der Waals surface area contributed by atoms with Crippen LogP contribution in [0.4, 0.5) is 11.4 Å². The van der Waals surface area contributed by atoms with Gasteiger partial charge in [-0.05, 0) is 89.0 Å². The molecule has 1 radical (unpaired) electrons. The fourth-order valence-electron chi connectivity index (χ4n) is 7.93. The van der Waals surface area contributed by atoms with Crippen LogP contribution in [-0.4, -0.2) is 34.1 Å². The highest BCUT2D eigenvalue weighted by Gasteiger charge is 2.42. The van der Waals surface area contributed by atoms with Gasteiger partial charge in [-0.1, -0.05) is 42.5 Å². The van der Waals surface area contributed by atoms with Crippen molar-refractivity contribution in [1.29, 1.82) is 0 Å². The highest BCUT2D eigenvalue weighted by molar-refractivity contribution is 6.28. The van der Waals surface area contributed by atoms with E-state index >= 15 is 0 Å². The van der Waals surface area contributed by atoms with Crippen molar-refractivity contribution in [3.05, 3.63) is 154 Å². The lowest BCUT2D eigenvalue weighted by Gasteiger charge is -2.31. The monoisotopic (exact) mass is 723 g/mol. The summed E-state index contributed by atoms with van der Waals surface area (Å²) in [7, 11) is 0. The summed E-state index contributed by atoms with van der Waals surface area (Å²) in [4.78, 5) is 32.8. The fraction of sp³-hybridized carbons (Fsp3) is 0.0930. The molecule has 0 aromatic heterocycles. The van der Waals surface area contributed by atoms with E-state index in [-0.39, 0.29) is 0 Å². The number of benzene rings is 5. The predicted octanol–water partition coefficient (Wildman–Crippen LogP) is 8.23. The highest BCUT2D eigenvalue weighted by atomic mass is 17.2. The molecule has 0 saturated heterocycles. The molecule has 0 saturated carbocycles. The minimum Gasteiger partial charge on any atom is -0.438 e. The summed E-state index contributed by atoms with van der Waals surface area (Å²) in [5.41, 5.74) is 10.6. The summed E-state index contributed by atoms with van der Waals surface area (Å²) < 4.78 is 13.4. The van der Waals surface area contributed by atoms with Crippen LogP contribution < -0.4 is 19.2 Å². The quantitative estimate of drug-likeness (QED) is 0.171. The van der Waals surface area contributed by atoms with E-state index in [2.05, 4.69) is 29.4 Å². The second-order valence-corrected chi connectivity index (χ2v) is 13.8. The smallest absolute Gasteiger partial charge is 0.363 e. The summed E-state index contributed by atoms with van der Waals surface area (Å²) in [6, 6.07) is 30.0. The molecule has 0 amide bonds. The number of hydrazone groups is 2. The zero-order valence-corrected chi connectivity index (χ0v) is 28.9. The van der Waals surface area contributed by atoms with Crippen molar-refractivity contribution in [2.75, 3.05) is 0 Å². The lowest BCUT2D eigenvalue weighted by Crippen LogP contribution is -2.31. The number of amidine groups is 2. The lowest BCUT2D eigenvalue weighted by molar-refractivity contribution is -0.212. The maximum Gasteiger partial charge on any atom is 0.363 e. The molecule has 0 bridgehead atoms. The average Bonchev–Trinajstić information content (AvgIpc) is 3.99. The van der Waals surface area contributed by atoms with Crippen LogP contribution in [0.1, 0.15) is 45.0 Å². The Morgan fingerprint density at radius 1 is 0.673 bits per heavy atom. The summed E-state index contributed by atoms with van der Waals surface area (Å²) in [5, 5.41) is 13.2. The summed E-state index contributed by atoms with van der Waals surface area (Å²) in [6.45, 7) is 1.46. The van der Waals surface area contributed by atoms with E-state index in [9.17, 15) is 0 Å². The molecule has 5 aromatic carbocycles. The van der Waals surface area contributed by atoms with E-state index in [1.807, 2.05) is 101 Å². The SMILES string of the molecule is C1=CC2=Nc3ccc(-c4c(C5=CC=NN6Cc7ccccc7N=C56)cc5c(c4C4OOc6ccccc64)O[C](c4ccc6c(c4)COO6)O5)cc3CN2N=C1. The van der Waals surface area contributed by atoms with Gasteiger partial charge < -0.3 is 19.2 Å². The first-order valence-electron chi connectivity index (χ1n) is 17.9. The molecule has 7 heterocycles. The zero-order valence-electron chi connectivity index (χ0n) is 28.9. The van der Waals surface area contributed by atoms with Crippen molar-refractivity contribution in [3.8, 4) is 34.1 Å². The van der Waals surface area contributed by atoms with Gasteiger partial charge in [-0.2, -0.15) is 20.0 Å². The van der Waals surface area contributed by atoms with E-state index in [1.54, 1.807) is 6.21 Å². The first-order chi connectivity index (χ1) is 27.2. The van der Waals surface area contributed by atoms with Gasteiger partial charge in [0, 0.05) is 45.8 Å². The lowest BCUT2D eigenvalue weighted by atomic mass is 9.84. The first-order valence-corrected chi connectivity index (χ1v) is 17.9. The molecule has 1 unspecified atom stereocenters. The average molecular weight is 724 g/mol. The van der Waals surface area contributed by atoms with Crippen LogP contribution in [0.2, 0.25) is 0 Å². The summed E-state index contributed by atoms with van der Waals surface area (Å²) in [6.07, 6.45) is 9.11. The van der Waals surface area contributed by atoms with Gasteiger partial charge in [0.15, 0.2) is 34.9 Å².